The van der Waals surface area contributed by atoms with Crippen molar-refractivity contribution in [1.82, 2.24) is 5.32 Å². The molecule has 1 aromatic carbocycles. The predicted molar refractivity (Wildman–Crippen MR) is 87.2 cm³/mol. The van der Waals surface area contributed by atoms with E-state index in [2.05, 4.69) is 31.3 Å². The zero-order chi connectivity index (χ0) is 15.3. The molecular weight excluding hydrogens is 262 g/mol. The van der Waals surface area contributed by atoms with Gasteiger partial charge in [0.2, 0.25) is 0 Å². The number of ether oxygens (including phenoxy) is 2. The van der Waals surface area contributed by atoms with Crippen molar-refractivity contribution in [3.8, 4) is 11.5 Å². The van der Waals surface area contributed by atoms with Crippen LogP contribution in [0.3, 0.4) is 0 Å². The van der Waals surface area contributed by atoms with Crippen molar-refractivity contribution < 1.29 is 9.47 Å². The number of hydrogen-bond donors (Lipinski definition) is 1. The molecular formula is C18H29NO2. The smallest absolute Gasteiger partial charge is 0.122 e. The van der Waals surface area contributed by atoms with Crippen LogP contribution in [0.1, 0.15) is 57.6 Å². The standard InChI is InChI=1S/C18H29NO2/c1-5-10-19-17(18(2)8-6-7-9-18)14-11-15(20-3)13-16(12-14)21-4/h11-13,17,19H,5-10H2,1-4H3. The molecule has 3 heteroatoms. The Morgan fingerprint density at radius 2 is 1.67 bits per heavy atom. The van der Waals surface area contributed by atoms with Crippen molar-refractivity contribution in [2.24, 2.45) is 5.41 Å². The van der Waals surface area contributed by atoms with Crippen LogP contribution in [0.2, 0.25) is 0 Å². The summed E-state index contributed by atoms with van der Waals surface area (Å²) >= 11 is 0. The normalized spacial score (nSPS) is 18.5. The van der Waals surface area contributed by atoms with E-state index < -0.39 is 0 Å². The molecule has 0 aliphatic heterocycles. The molecule has 118 valence electrons. The van der Waals surface area contributed by atoms with Crippen LogP contribution in [0.15, 0.2) is 18.2 Å². The van der Waals surface area contributed by atoms with Crippen LogP contribution < -0.4 is 14.8 Å². The molecule has 1 N–H and O–H groups in total. The van der Waals surface area contributed by atoms with Gasteiger partial charge in [0.15, 0.2) is 0 Å². The minimum atomic E-state index is 0.326. The average Bonchev–Trinajstić information content (AvgIpc) is 2.94. The summed E-state index contributed by atoms with van der Waals surface area (Å²) in [6, 6.07) is 6.61. The second-order valence-electron chi connectivity index (χ2n) is 6.39. The molecule has 1 atom stereocenters. The lowest BCUT2D eigenvalue weighted by Gasteiger charge is -2.35. The molecule has 1 saturated carbocycles. The highest BCUT2D eigenvalue weighted by Gasteiger charge is 2.37. The second kappa shape index (κ2) is 7.17. The summed E-state index contributed by atoms with van der Waals surface area (Å²) < 4.78 is 10.9. The Bertz CT molecular complexity index is 430. The SMILES string of the molecule is CCCNC(c1cc(OC)cc(OC)c1)C1(C)CCCC1. The summed E-state index contributed by atoms with van der Waals surface area (Å²) in [5.41, 5.74) is 1.61. The van der Waals surface area contributed by atoms with E-state index in [1.165, 1.54) is 31.2 Å². The van der Waals surface area contributed by atoms with E-state index in [9.17, 15) is 0 Å². The Morgan fingerprint density at radius 3 is 2.14 bits per heavy atom. The van der Waals surface area contributed by atoms with Crippen LogP contribution in [-0.4, -0.2) is 20.8 Å². The molecule has 0 bridgehead atoms. The van der Waals surface area contributed by atoms with Crippen LogP contribution in [0, 0.1) is 5.41 Å². The molecule has 0 heterocycles. The van der Waals surface area contributed by atoms with Gasteiger partial charge in [-0.05, 0) is 48.9 Å². The lowest BCUT2D eigenvalue weighted by molar-refractivity contribution is 0.222. The Labute approximate surface area is 129 Å². The summed E-state index contributed by atoms with van der Waals surface area (Å²) in [6.45, 7) is 5.67. The van der Waals surface area contributed by atoms with Crippen molar-refractivity contribution in [3.63, 3.8) is 0 Å². The van der Waals surface area contributed by atoms with Crippen LogP contribution in [0.5, 0.6) is 11.5 Å². The van der Waals surface area contributed by atoms with E-state index in [0.717, 1.165) is 24.5 Å². The Hall–Kier alpha value is -1.22. The van der Waals surface area contributed by atoms with Gasteiger partial charge < -0.3 is 14.8 Å². The fraction of sp³-hybridized carbons (Fsp3) is 0.667. The quantitative estimate of drug-likeness (QED) is 0.811. The maximum absolute atomic E-state index is 5.44. The highest BCUT2D eigenvalue weighted by atomic mass is 16.5. The van der Waals surface area contributed by atoms with Gasteiger partial charge in [-0.3, -0.25) is 0 Å². The number of methoxy groups -OCH3 is 2. The van der Waals surface area contributed by atoms with Gasteiger partial charge >= 0.3 is 0 Å². The Balaban J connectivity index is 2.35. The van der Waals surface area contributed by atoms with Crippen molar-refractivity contribution in [2.75, 3.05) is 20.8 Å². The minimum Gasteiger partial charge on any atom is -0.497 e. The van der Waals surface area contributed by atoms with Crippen LogP contribution >= 0.6 is 0 Å². The lowest BCUT2D eigenvalue weighted by Crippen LogP contribution is -2.35. The largest absolute Gasteiger partial charge is 0.497 e. The molecule has 3 nitrogen and oxygen atoms in total. The topological polar surface area (TPSA) is 30.5 Å². The zero-order valence-electron chi connectivity index (χ0n) is 13.9. The zero-order valence-corrected chi connectivity index (χ0v) is 13.9. The van der Waals surface area contributed by atoms with Gasteiger partial charge in [0, 0.05) is 12.1 Å². The average molecular weight is 291 g/mol. The van der Waals surface area contributed by atoms with E-state index in [4.69, 9.17) is 9.47 Å². The highest BCUT2D eigenvalue weighted by molar-refractivity contribution is 5.40. The Kier molecular flexibility index (Phi) is 5.51. The van der Waals surface area contributed by atoms with E-state index in [0.29, 0.717) is 11.5 Å². The van der Waals surface area contributed by atoms with E-state index >= 15 is 0 Å². The van der Waals surface area contributed by atoms with E-state index in [-0.39, 0.29) is 0 Å². The molecule has 2 rings (SSSR count). The molecule has 0 radical (unpaired) electrons. The number of hydrogen-bond acceptors (Lipinski definition) is 3. The summed E-state index contributed by atoms with van der Waals surface area (Å²) in [5, 5.41) is 3.76. The molecule has 0 amide bonds. The maximum atomic E-state index is 5.44. The molecule has 0 saturated heterocycles. The highest BCUT2D eigenvalue weighted by Crippen LogP contribution is 2.48. The predicted octanol–water partition coefficient (Wildman–Crippen LogP) is 4.32. The Morgan fingerprint density at radius 1 is 1.10 bits per heavy atom. The molecule has 0 spiro atoms. The summed E-state index contributed by atoms with van der Waals surface area (Å²) in [4.78, 5) is 0. The van der Waals surface area contributed by atoms with Gasteiger partial charge in [0.1, 0.15) is 11.5 Å². The molecule has 1 aliphatic carbocycles. The van der Waals surface area contributed by atoms with Gasteiger partial charge in [0.25, 0.3) is 0 Å². The van der Waals surface area contributed by atoms with Gasteiger partial charge in [-0.1, -0.05) is 26.7 Å². The van der Waals surface area contributed by atoms with Crippen LogP contribution in [-0.2, 0) is 0 Å². The van der Waals surface area contributed by atoms with Crippen molar-refractivity contribution in [3.05, 3.63) is 23.8 Å². The molecule has 1 fully saturated rings. The molecule has 21 heavy (non-hydrogen) atoms. The van der Waals surface area contributed by atoms with Crippen molar-refractivity contribution >= 4 is 0 Å². The van der Waals surface area contributed by atoms with E-state index in [1.54, 1.807) is 14.2 Å². The first-order valence-electron chi connectivity index (χ1n) is 8.09. The second-order valence-corrected chi connectivity index (χ2v) is 6.39. The summed E-state index contributed by atoms with van der Waals surface area (Å²) in [7, 11) is 3.43. The third kappa shape index (κ3) is 3.70. The first-order valence-corrected chi connectivity index (χ1v) is 8.09. The third-order valence-corrected chi connectivity index (χ3v) is 4.75. The maximum Gasteiger partial charge on any atom is 0.122 e. The number of benzene rings is 1. The van der Waals surface area contributed by atoms with Crippen molar-refractivity contribution in [1.29, 1.82) is 0 Å². The monoisotopic (exact) mass is 291 g/mol. The third-order valence-electron chi connectivity index (χ3n) is 4.75. The number of nitrogens with one attached hydrogen (secondary N) is 1. The van der Waals surface area contributed by atoms with E-state index in [1.807, 2.05) is 6.07 Å². The first-order chi connectivity index (χ1) is 10.1. The van der Waals surface area contributed by atoms with Gasteiger partial charge in [-0.25, -0.2) is 0 Å². The summed E-state index contributed by atoms with van der Waals surface area (Å²) in [6.07, 6.45) is 6.39. The lowest BCUT2D eigenvalue weighted by atomic mass is 9.77. The van der Waals surface area contributed by atoms with Gasteiger partial charge in [-0.15, -0.1) is 0 Å². The van der Waals surface area contributed by atoms with Crippen LogP contribution in [0.4, 0.5) is 0 Å². The fourth-order valence-electron chi connectivity index (χ4n) is 3.52. The summed E-state index contributed by atoms with van der Waals surface area (Å²) in [5.74, 6) is 1.74. The first kappa shape index (κ1) is 16.2. The van der Waals surface area contributed by atoms with Crippen molar-refractivity contribution in [2.45, 2.75) is 52.0 Å². The van der Waals surface area contributed by atoms with Gasteiger partial charge in [0.05, 0.1) is 14.2 Å². The molecule has 1 aliphatic rings. The minimum absolute atomic E-state index is 0.326. The van der Waals surface area contributed by atoms with Gasteiger partial charge in [-0.2, -0.15) is 0 Å². The fourth-order valence-corrected chi connectivity index (χ4v) is 3.52. The molecule has 0 aromatic heterocycles. The number of rotatable bonds is 7. The van der Waals surface area contributed by atoms with Crippen LogP contribution in [0.25, 0.3) is 0 Å². The molecule has 1 aromatic rings. The molecule has 1 unspecified atom stereocenters.